The molecule has 0 aromatic heterocycles. The molecular formula is C24H35NO5. The van der Waals surface area contributed by atoms with Gasteiger partial charge in [-0.15, -0.1) is 0 Å². The zero-order chi connectivity index (χ0) is 22.0. The van der Waals surface area contributed by atoms with Crippen LogP contribution in [0.25, 0.3) is 0 Å². The molecule has 0 bridgehead atoms. The Hall–Kier alpha value is -1.50. The number of allylic oxidation sites excluding steroid dienone is 4. The molecular weight excluding hydrogens is 382 g/mol. The summed E-state index contributed by atoms with van der Waals surface area (Å²) in [5.74, 6) is -0.485. The molecule has 6 heteroatoms. The highest BCUT2D eigenvalue weighted by Gasteiger charge is 2.70. The van der Waals surface area contributed by atoms with Gasteiger partial charge in [0.2, 0.25) is 5.91 Å². The van der Waals surface area contributed by atoms with Crippen LogP contribution in [0.2, 0.25) is 0 Å². The van der Waals surface area contributed by atoms with E-state index in [1.807, 2.05) is 13.0 Å². The molecule has 3 N–H and O–H groups in total. The lowest BCUT2D eigenvalue weighted by molar-refractivity contribution is -0.146. The fraction of sp³-hybridized carbons (Fsp3) is 0.750. The Balaban J connectivity index is 1.87. The van der Waals surface area contributed by atoms with Gasteiger partial charge in [0.25, 0.3) is 0 Å². The maximum atomic E-state index is 14.0. The predicted molar refractivity (Wildman–Crippen MR) is 112 cm³/mol. The highest BCUT2D eigenvalue weighted by molar-refractivity contribution is 6.12. The van der Waals surface area contributed by atoms with Crippen molar-refractivity contribution in [1.29, 1.82) is 0 Å². The first-order valence-corrected chi connectivity index (χ1v) is 11.3. The summed E-state index contributed by atoms with van der Waals surface area (Å²) in [6.45, 7) is 10.4. The maximum Gasteiger partial charge on any atom is 0.235 e. The van der Waals surface area contributed by atoms with Gasteiger partial charge in [0.15, 0.2) is 5.78 Å². The molecule has 9 atom stereocenters. The second-order valence-electron chi connectivity index (χ2n) is 10.3. The number of Topliss-reactive ketones (excluding diaryl/α,β-unsaturated/α-hetero) is 1. The first kappa shape index (κ1) is 21.7. The van der Waals surface area contributed by atoms with Crippen molar-refractivity contribution in [3.05, 3.63) is 23.3 Å². The summed E-state index contributed by atoms with van der Waals surface area (Å²) in [4.78, 5) is 27.6. The number of hydrogen-bond acceptors (Lipinski definition) is 5. The Morgan fingerprint density at radius 2 is 1.93 bits per heavy atom. The average molecular weight is 418 g/mol. The molecule has 4 aliphatic rings. The molecule has 1 amide bonds. The number of rotatable bonds is 2. The van der Waals surface area contributed by atoms with E-state index in [4.69, 9.17) is 4.74 Å². The molecule has 30 heavy (non-hydrogen) atoms. The van der Waals surface area contributed by atoms with Crippen molar-refractivity contribution in [1.82, 2.24) is 5.32 Å². The second-order valence-corrected chi connectivity index (χ2v) is 10.3. The molecule has 2 aliphatic heterocycles. The zero-order valence-electron chi connectivity index (χ0n) is 18.6. The minimum Gasteiger partial charge on any atom is -0.390 e. The zero-order valence-corrected chi connectivity index (χ0v) is 18.6. The van der Waals surface area contributed by atoms with E-state index in [-0.39, 0.29) is 35.5 Å². The number of epoxide rings is 1. The van der Waals surface area contributed by atoms with Crippen LogP contribution < -0.4 is 5.32 Å². The van der Waals surface area contributed by atoms with Crippen LogP contribution in [0.15, 0.2) is 23.3 Å². The lowest BCUT2D eigenvalue weighted by Crippen LogP contribution is -2.54. The van der Waals surface area contributed by atoms with Crippen LogP contribution in [0.5, 0.6) is 0 Å². The fourth-order valence-electron chi connectivity index (χ4n) is 6.13. The standard InChI is InChI=1S/C24H35NO5/c1-11(2)8-16-18-14(5)13(4)10-15-9-12(3)6-7-17(26)19(27)20-21(30-20)22(28)24(15,18)23(29)25-16/h9-11,14-21,26-27H,6-8H2,1-5H3,(H,25,29)/b12-9+/t14?,15?,16-,17+,18-,19+,20-,21-,24-/m0/s1. The van der Waals surface area contributed by atoms with Gasteiger partial charge < -0.3 is 20.3 Å². The smallest absolute Gasteiger partial charge is 0.235 e. The van der Waals surface area contributed by atoms with Crippen molar-refractivity contribution in [2.45, 2.75) is 84.3 Å². The number of carbonyl (C=O) groups is 2. The van der Waals surface area contributed by atoms with Crippen molar-refractivity contribution < 1.29 is 24.5 Å². The Labute approximate surface area is 178 Å². The summed E-state index contributed by atoms with van der Waals surface area (Å²) < 4.78 is 5.61. The maximum absolute atomic E-state index is 14.0. The number of aliphatic hydroxyl groups is 2. The number of hydrogen-bond donors (Lipinski definition) is 3. The van der Waals surface area contributed by atoms with Gasteiger partial charge >= 0.3 is 0 Å². The molecule has 2 aliphatic carbocycles. The van der Waals surface area contributed by atoms with Crippen LogP contribution in [0.1, 0.15) is 53.9 Å². The normalized spacial score (nSPS) is 47.9. The van der Waals surface area contributed by atoms with Gasteiger partial charge in [0.05, 0.1) is 6.10 Å². The number of ketones is 1. The number of fused-ring (bicyclic) bond motifs is 1. The molecule has 2 heterocycles. The molecule has 0 aromatic carbocycles. The summed E-state index contributed by atoms with van der Waals surface area (Å²) in [7, 11) is 0. The van der Waals surface area contributed by atoms with Crippen LogP contribution in [0, 0.1) is 29.1 Å². The number of nitrogens with one attached hydrogen (secondary N) is 1. The summed E-state index contributed by atoms with van der Waals surface area (Å²) in [5.41, 5.74) is 0.993. The largest absolute Gasteiger partial charge is 0.390 e. The van der Waals surface area contributed by atoms with Crippen molar-refractivity contribution in [3.63, 3.8) is 0 Å². The van der Waals surface area contributed by atoms with Gasteiger partial charge in [-0.3, -0.25) is 9.59 Å². The van der Waals surface area contributed by atoms with Gasteiger partial charge in [-0.25, -0.2) is 0 Å². The third-order valence-corrected chi connectivity index (χ3v) is 7.82. The summed E-state index contributed by atoms with van der Waals surface area (Å²) in [5, 5.41) is 24.0. The van der Waals surface area contributed by atoms with E-state index < -0.39 is 29.8 Å². The predicted octanol–water partition coefficient (Wildman–Crippen LogP) is 2.14. The summed E-state index contributed by atoms with van der Waals surface area (Å²) in [6, 6.07) is -0.0749. The minimum absolute atomic E-state index is 0.0749. The molecule has 166 valence electrons. The molecule has 0 radical (unpaired) electrons. The van der Waals surface area contributed by atoms with Gasteiger partial charge in [-0.2, -0.15) is 0 Å². The second kappa shape index (κ2) is 7.57. The fourth-order valence-corrected chi connectivity index (χ4v) is 6.13. The van der Waals surface area contributed by atoms with Crippen molar-refractivity contribution in [2.75, 3.05) is 0 Å². The number of carbonyl (C=O) groups excluding carboxylic acids is 2. The Morgan fingerprint density at radius 1 is 1.23 bits per heavy atom. The quantitative estimate of drug-likeness (QED) is 0.363. The summed E-state index contributed by atoms with van der Waals surface area (Å²) in [6.07, 6.45) is 2.29. The third kappa shape index (κ3) is 3.19. The minimum atomic E-state index is -1.23. The van der Waals surface area contributed by atoms with E-state index in [0.29, 0.717) is 18.8 Å². The van der Waals surface area contributed by atoms with Crippen molar-refractivity contribution in [2.24, 2.45) is 29.1 Å². The van der Waals surface area contributed by atoms with E-state index >= 15 is 0 Å². The van der Waals surface area contributed by atoms with Gasteiger partial charge in [0.1, 0.15) is 23.7 Å². The molecule has 1 spiro atoms. The van der Waals surface area contributed by atoms with E-state index in [0.717, 1.165) is 12.0 Å². The van der Waals surface area contributed by atoms with E-state index in [9.17, 15) is 19.8 Å². The van der Waals surface area contributed by atoms with Crippen molar-refractivity contribution >= 4 is 11.7 Å². The highest BCUT2D eigenvalue weighted by Crippen LogP contribution is 2.57. The average Bonchev–Trinajstić information content (AvgIpc) is 3.41. The number of amides is 1. The SMILES string of the molecule is CC1=CC2/C=C(\C)CC[C@@H](O)[C@@H](O)[C@@H]3O[C@@H]3C(=O)[C@]23C(=O)N[C@@H](CC(C)C)[C@@H]3C1C. The van der Waals surface area contributed by atoms with Gasteiger partial charge in [0, 0.05) is 17.9 Å². The first-order chi connectivity index (χ1) is 14.1. The summed E-state index contributed by atoms with van der Waals surface area (Å²) >= 11 is 0. The Morgan fingerprint density at radius 3 is 2.60 bits per heavy atom. The molecule has 2 fully saturated rings. The van der Waals surface area contributed by atoms with Crippen LogP contribution in [-0.2, 0) is 14.3 Å². The van der Waals surface area contributed by atoms with Crippen LogP contribution >= 0.6 is 0 Å². The van der Waals surface area contributed by atoms with E-state index in [2.05, 4.69) is 39.1 Å². The lowest BCUT2D eigenvalue weighted by atomic mass is 9.54. The molecule has 0 aromatic rings. The Kier molecular flexibility index (Phi) is 5.48. The molecule has 6 nitrogen and oxygen atoms in total. The highest BCUT2D eigenvalue weighted by atomic mass is 16.6. The van der Waals surface area contributed by atoms with Crippen LogP contribution in [-0.4, -0.2) is 52.4 Å². The van der Waals surface area contributed by atoms with Crippen LogP contribution in [0.3, 0.4) is 0 Å². The first-order valence-electron chi connectivity index (χ1n) is 11.3. The van der Waals surface area contributed by atoms with Crippen molar-refractivity contribution in [3.8, 4) is 0 Å². The number of aliphatic hydroxyl groups excluding tert-OH is 2. The molecule has 2 saturated heterocycles. The lowest BCUT2D eigenvalue weighted by Gasteiger charge is -2.44. The Bertz CT molecular complexity index is 801. The molecule has 0 saturated carbocycles. The van der Waals surface area contributed by atoms with Gasteiger partial charge in [-0.1, -0.05) is 44.1 Å². The van der Waals surface area contributed by atoms with E-state index in [1.54, 1.807) is 0 Å². The van der Waals surface area contributed by atoms with E-state index in [1.165, 1.54) is 5.57 Å². The number of ether oxygens (including phenoxy) is 1. The van der Waals surface area contributed by atoms with Gasteiger partial charge in [-0.05, 0) is 44.9 Å². The van der Waals surface area contributed by atoms with Crippen LogP contribution in [0.4, 0.5) is 0 Å². The topological polar surface area (TPSA) is 99.2 Å². The molecule has 2 unspecified atom stereocenters. The monoisotopic (exact) mass is 417 g/mol. The molecule has 4 rings (SSSR count). The third-order valence-electron chi connectivity index (χ3n) is 7.82.